The molecule has 0 radical (unpaired) electrons. The van der Waals surface area contributed by atoms with Crippen molar-refractivity contribution in [2.75, 3.05) is 20.1 Å². The molecule has 5 nitrogen and oxygen atoms in total. The third kappa shape index (κ3) is 5.11. The number of halogens is 1. The maximum absolute atomic E-state index is 14.1. The van der Waals surface area contributed by atoms with E-state index in [-0.39, 0.29) is 24.1 Å². The number of nitrogens with one attached hydrogen (secondary N) is 1. The average Bonchev–Trinajstić information content (AvgIpc) is 2.85. The standard InChI is InChI=1S/C27H28FN3O2/c1-29-26(33)27(13-5-15-31(19-27)25(32)16-21-6-4-14-30-18-21)17-20-9-11-22(12-10-20)23-7-2-3-8-24(23)28/h2-4,6-12,14,18H,5,13,15-17,19H2,1H3,(H,29,33). The number of amides is 2. The molecule has 3 aromatic rings. The molecule has 1 atom stereocenters. The molecule has 2 heterocycles. The molecule has 1 unspecified atom stereocenters. The monoisotopic (exact) mass is 445 g/mol. The predicted octanol–water partition coefficient (Wildman–Crippen LogP) is 4.03. The lowest BCUT2D eigenvalue weighted by molar-refractivity contribution is -0.141. The summed E-state index contributed by atoms with van der Waals surface area (Å²) in [6, 6.07) is 18.1. The molecule has 4 rings (SSSR count). The second-order valence-electron chi connectivity index (χ2n) is 8.67. The van der Waals surface area contributed by atoms with Crippen LogP contribution in [0.5, 0.6) is 0 Å². The molecule has 0 spiro atoms. The van der Waals surface area contributed by atoms with E-state index in [1.807, 2.05) is 42.5 Å². The molecule has 6 heteroatoms. The number of benzene rings is 2. The van der Waals surface area contributed by atoms with Crippen LogP contribution in [0.3, 0.4) is 0 Å². The van der Waals surface area contributed by atoms with Crippen molar-refractivity contribution < 1.29 is 14.0 Å². The van der Waals surface area contributed by atoms with Crippen LogP contribution in [0.25, 0.3) is 11.1 Å². The van der Waals surface area contributed by atoms with E-state index in [0.717, 1.165) is 23.1 Å². The summed E-state index contributed by atoms with van der Waals surface area (Å²) in [5, 5.41) is 2.81. The van der Waals surface area contributed by atoms with Crippen LogP contribution in [-0.2, 0) is 22.4 Å². The van der Waals surface area contributed by atoms with Gasteiger partial charge in [0, 0.05) is 38.1 Å². The highest BCUT2D eigenvalue weighted by atomic mass is 19.1. The zero-order valence-electron chi connectivity index (χ0n) is 18.8. The highest BCUT2D eigenvalue weighted by molar-refractivity contribution is 5.85. The largest absolute Gasteiger partial charge is 0.359 e. The Labute approximate surface area is 193 Å². The number of likely N-dealkylation sites (tertiary alicyclic amines) is 1. The van der Waals surface area contributed by atoms with Gasteiger partial charge in [0.1, 0.15) is 5.82 Å². The second-order valence-corrected chi connectivity index (χ2v) is 8.67. The van der Waals surface area contributed by atoms with Crippen LogP contribution in [-0.4, -0.2) is 41.8 Å². The van der Waals surface area contributed by atoms with Crippen molar-refractivity contribution in [3.05, 3.63) is 90.0 Å². The van der Waals surface area contributed by atoms with Gasteiger partial charge < -0.3 is 10.2 Å². The van der Waals surface area contributed by atoms with E-state index in [1.54, 1.807) is 36.5 Å². The van der Waals surface area contributed by atoms with Crippen LogP contribution in [0.1, 0.15) is 24.0 Å². The lowest BCUT2D eigenvalue weighted by atomic mass is 9.74. The molecule has 1 fully saturated rings. The number of pyridine rings is 1. The topological polar surface area (TPSA) is 62.3 Å². The van der Waals surface area contributed by atoms with E-state index >= 15 is 0 Å². The highest BCUT2D eigenvalue weighted by Crippen LogP contribution is 2.35. The summed E-state index contributed by atoms with van der Waals surface area (Å²) in [5.41, 5.74) is 2.50. The number of aromatic nitrogens is 1. The Balaban J connectivity index is 1.53. The van der Waals surface area contributed by atoms with Gasteiger partial charge in [-0.15, -0.1) is 0 Å². The van der Waals surface area contributed by atoms with Crippen molar-refractivity contribution in [2.45, 2.75) is 25.7 Å². The quantitative estimate of drug-likeness (QED) is 0.623. The highest BCUT2D eigenvalue weighted by Gasteiger charge is 2.43. The maximum Gasteiger partial charge on any atom is 0.228 e. The van der Waals surface area contributed by atoms with E-state index < -0.39 is 5.41 Å². The van der Waals surface area contributed by atoms with Crippen LogP contribution in [0.2, 0.25) is 0 Å². The third-order valence-electron chi connectivity index (χ3n) is 6.40. The van der Waals surface area contributed by atoms with Gasteiger partial charge in [-0.1, -0.05) is 48.5 Å². The average molecular weight is 446 g/mol. The summed E-state index contributed by atoms with van der Waals surface area (Å²) in [6.07, 6.45) is 5.64. The van der Waals surface area contributed by atoms with Crippen molar-refractivity contribution >= 4 is 11.8 Å². The summed E-state index contributed by atoms with van der Waals surface area (Å²) in [6.45, 7) is 1.02. The molecule has 0 bridgehead atoms. The molecule has 170 valence electrons. The number of carbonyl (C=O) groups excluding carboxylic acids is 2. The van der Waals surface area contributed by atoms with Crippen molar-refractivity contribution in [1.29, 1.82) is 0 Å². The van der Waals surface area contributed by atoms with Crippen molar-refractivity contribution in [3.63, 3.8) is 0 Å². The molecule has 2 aromatic carbocycles. The summed E-state index contributed by atoms with van der Waals surface area (Å²) in [7, 11) is 1.64. The van der Waals surface area contributed by atoms with Gasteiger partial charge in [-0.2, -0.15) is 0 Å². The fourth-order valence-electron chi connectivity index (χ4n) is 4.70. The van der Waals surface area contributed by atoms with Gasteiger partial charge in [0.05, 0.1) is 11.8 Å². The summed E-state index contributed by atoms with van der Waals surface area (Å²) in [4.78, 5) is 31.9. The minimum atomic E-state index is -0.697. The number of hydrogen-bond acceptors (Lipinski definition) is 3. The zero-order chi connectivity index (χ0) is 23.3. The molecule has 33 heavy (non-hydrogen) atoms. The minimum absolute atomic E-state index is 0.00544. The molecule has 2 amide bonds. The van der Waals surface area contributed by atoms with Crippen LogP contribution in [0.15, 0.2) is 73.1 Å². The van der Waals surface area contributed by atoms with Crippen molar-refractivity contribution in [2.24, 2.45) is 5.41 Å². The Kier molecular flexibility index (Phi) is 6.82. The first kappa shape index (κ1) is 22.6. The molecule has 1 aliphatic heterocycles. The Hall–Kier alpha value is -3.54. The van der Waals surface area contributed by atoms with Gasteiger partial charge in [-0.25, -0.2) is 4.39 Å². The smallest absolute Gasteiger partial charge is 0.228 e. The number of piperidine rings is 1. The predicted molar refractivity (Wildman–Crippen MR) is 126 cm³/mol. The van der Waals surface area contributed by atoms with E-state index in [0.29, 0.717) is 31.5 Å². The fraction of sp³-hybridized carbons (Fsp3) is 0.296. The summed E-state index contributed by atoms with van der Waals surface area (Å²) in [5.74, 6) is -0.312. The second kappa shape index (κ2) is 9.94. The van der Waals surface area contributed by atoms with Crippen molar-refractivity contribution in [3.8, 4) is 11.1 Å². The SMILES string of the molecule is CNC(=O)C1(Cc2ccc(-c3ccccc3F)cc2)CCCN(C(=O)Cc2cccnc2)C1. The first-order valence-corrected chi connectivity index (χ1v) is 11.2. The van der Waals surface area contributed by atoms with Gasteiger partial charge in [0.25, 0.3) is 0 Å². The molecular weight excluding hydrogens is 417 g/mol. The Morgan fingerprint density at radius 1 is 1.06 bits per heavy atom. The van der Waals surface area contributed by atoms with Crippen LogP contribution in [0.4, 0.5) is 4.39 Å². The number of hydrogen-bond donors (Lipinski definition) is 1. The van der Waals surface area contributed by atoms with Crippen molar-refractivity contribution in [1.82, 2.24) is 15.2 Å². The van der Waals surface area contributed by atoms with E-state index in [1.165, 1.54) is 6.07 Å². The molecular formula is C27H28FN3O2. The van der Waals surface area contributed by atoms with Crippen LogP contribution in [0, 0.1) is 11.2 Å². The van der Waals surface area contributed by atoms with Gasteiger partial charge in [0.2, 0.25) is 11.8 Å². The van der Waals surface area contributed by atoms with Gasteiger partial charge in [-0.05, 0) is 48.1 Å². The first-order valence-electron chi connectivity index (χ1n) is 11.2. The molecule has 1 aliphatic rings. The fourth-order valence-corrected chi connectivity index (χ4v) is 4.70. The van der Waals surface area contributed by atoms with E-state index in [4.69, 9.17) is 0 Å². The number of nitrogens with zero attached hydrogens (tertiary/aromatic N) is 2. The van der Waals surface area contributed by atoms with Crippen LogP contribution >= 0.6 is 0 Å². The lowest BCUT2D eigenvalue weighted by Crippen LogP contribution is -2.54. The Morgan fingerprint density at radius 2 is 1.85 bits per heavy atom. The number of carbonyl (C=O) groups is 2. The first-order chi connectivity index (χ1) is 16.0. The molecule has 1 aromatic heterocycles. The lowest BCUT2D eigenvalue weighted by Gasteiger charge is -2.41. The normalized spacial score (nSPS) is 18.1. The number of rotatable bonds is 6. The molecule has 0 saturated carbocycles. The Morgan fingerprint density at radius 3 is 2.55 bits per heavy atom. The Bertz CT molecular complexity index is 1120. The summed E-state index contributed by atoms with van der Waals surface area (Å²) >= 11 is 0. The molecule has 1 saturated heterocycles. The maximum atomic E-state index is 14.1. The van der Waals surface area contributed by atoms with E-state index in [9.17, 15) is 14.0 Å². The van der Waals surface area contributed by atoms with E-state index in [2.05, 4.69) is 10.3 Å². The zero-order valence-corrected chi connectivity index (χ0v) is 18.8. The minimum Gasteiger partial charge on any atom is -0.359 e. The van der Waals surface area contributed by atoms with Gasteiger partial charge in [0.15, 0.2) is 0 Å². The van der Waals surface area contributed by atoms with Gasteiger partial charge in [-0.3, -0.25) is 14.6 Å². The molecule has 0 aliphatic carbocycles. The van der Waals surface area contributed by atoms with Crippen LogP contribution < -0.4 is 5.32 Å². The summed E-state index contributed by atoms with van der Waals surface area (Å²) < 4.78 is 14.1. The molecule has 1 N–H and O–H groups in total. The third-order valence-corrected chi connectivity index (χ3v) is 6.40. The van der Waals surface area contributed by atoms with Gasteiger partial charge >= 0.3 is 0 Å².